The lowest BCUT2D eigenvalue weighted by Gasteiger charge is -2.22. The standard InChI is InChI=1S/C26H20ClNO4/c1-2-32-21-11-8-17(9-12-21)14-20-16-23(18-6-4-3-5-7-18)28(25(20)29)24-15-19(26(30)31)10-13-22(24)27/h3-16H,2H2,1H3,(H,30,31)/b20-14+. The quantitative estimate of drug-likeness (QED) is 0.479. The molecular formula is C26H20ClNO4. The van der Waals surface area contributed by atoms with Gasteiger partial charge in [-0.05, 0) is 60.5 Å². The summed E-state index contributed by atoms with van der Waals surface area (Å²) in [6.07, 6.45) is 3.58. The zero-order chi connectivity index (χ0) is 22.7. The minimum atomic E-state index is -1.09. The molecule has 0 saturated heterocycles. The number of carboxylic acid groups (broad SMARTS) is 1. The Balaban J connectivity index is 1.80. The molecule has 1 amide bonds. The summed E-state index contributed by atoms with van der Waals surface area (Å²) in [6, 6.07) is 21.2. The number of nitrogens with zero attached hydrogens (tertiary/aromatic N) is 1. The van der Waals surface area contributed by atoms with Crippen LogP contribution in [-0.2, 0) is 4.79 Å². The number of aromatic carboxylic acids is 1. The maximum atomic E-state index is 13.5. The predicted molar refractivity (Wildman–Crippen MR) is 126 cm³/mol. The summed E-state index contributed by atoms with van der Waals surface area (Å²) in [5.74, 6) is -0.626. The molecule has 0 radical (unpaired) electrons. The smallest absolute Gasteiger partial charge is 0.335 e. The molecule has 0 atom stereocenters. The normalized spacial score (nSPS) is 14.6. The molecule has 5 nitrogen and oxygen atoms in total. The van der Waals surface area contributed by atoms with Gasteiger partial charge in [0.25, 0.3) is 5.91 Å². The molecule has 0 bridgehead atoms. The third kappa shape index (κ3) is 4.29. The Bertz CT molecular complexity index is 1230. The zero-order valence-corrected chi connectivity index (χ0v) is 18.0. The molecule has 160 valence electrons. The van der Waals surface area contributed by atoms with E-state index in [4.69, 9.17) is 16.3 Å². The summed E-state index contributed by atoms with van der Waals surface area (Å²) in [6.45, 7) is 2.50. The second-order valence-electron chi connectivity index (χ2n) is 7.11. The first-order chi connectivity index (χ1) is 15.5. The maximum absolute atomic E-state index is 13.5. The van der Waals surface area contributed by atoms with Crippen LogP contribution in [0.1, 0.15) is 28.4 Å². The second kappa shape index (κ2) is 9.12. The topological polar surface area (TPSA) is 66.8 Å². The van der Waals surface area contributed by atoms with Crippen molar-refractivity contribution < 1.29 is 19.4 Å². The van der Waals surface area contributed by atoms with Gasteiger partial charge in [0, 0.05) is 5.57 Å². The van der Waals surface area contributed by atoms with Gasteiger partial charge in [0.15, 0.2) is 0 Å². The number of rotatable bonds is 6. The number of ether oxygens (including phenoxy) is 1. The predicted octanol–water partition coefficient (Wildman–Crippen LogP) is 5.91. The first-order valence-corrected chi connectivity index (χ1v) is 10.4. The van der Waals surface area contributed by atoms with Gasteiger partial charge in [-0.1, -0.05) is 54.1 Å². The second-order valence-corrected chi connectivity index (χ2v) is 7.52. The van der Waals surface area contributed by atoms with E-state index >= 15 is 0 Å². The van der Waals surface area contributed by atoms with Crippen molar-refractivity contribution in [1.29, 1.82) is 0 Å². The van der Waals surface area contributed by atoms with Crippen molar-refractivity contribution in [2.45, 2.75) is 6.92 Å². The van der Waals surface area contributed by atoms with Gasteiger partial charge in [-0.3, -0.25) is 9.69 Å². The Morgan fingerprint density at radius 3 is 2.44 bits per heavy atom. The first kappa shape index (κ1) is 21.4. The summed E-state index contributed by atoms with van der Waals surface area (Å²) < 4.78 is 5.48. The number of amides is 1. The van der Waals surface area contributed by atoms with Crippen LogP contribution in [0.3, 0.4) is 0 Å². The number of carboxylic acids is 1. The van der Waals surface area contributed by atoms with Crippen LogP contribution in [0.25, 0.3) is 11.8 Å². The lowest BCUT2D eigenvalue weighted by atomic mass is 10.1. The number of benzene rings is 3. The van der Waals surface area contributed by atoms with Gasteiger partial charge in [-0.15, -0.1) is 0 Å². The van der Waals surface area contributed by atoms with Crippen molar-refractivity contribution in [3.05, 3.63) is 106 Å². The highest BCUT2D eigenvalue weighted by Crippen LogP contribution is 2.39. The molecule has 6 heteroatoms. The van der Waals surface area contributed by atoms with Gasteiger partial charge in [-0.25, -0.2) is 4.79 Å². The number of hydrogen-bond donors (Lipinski definition) is 1. The van der Waals surface area contributed by atoms with Crippen LogP contribution in [0.4, 0.5) is 5.69 Å². The molecule has 1 N–H and O–H groups in total. The Kier molecular flexibility index (Phi) is 6.10. The van der Waals surface area contributed by atoms with Crippen LogP contribution in [0.15, 0.2) is 84.4 Å². The summed E-state index contributed by atoms with van der Waals surface area (Å²) in [5.41, 5.74) is 3.11. The van der Waals surface area contributed by atoms with Crippen molar-refractivity contribution >= 4 is 40.9 Å². The van der Waals surface area contributed by atoms with E-state index in [0.29, 0.717) is 23.6 Å². The highest BCUT2D eigenvalue weighted by Gasteiger charge is 2.32. The summed E-state index contributed by atoms with van der Waals surface area (Å²) in [4.78, 5) is 26.4. The average molecular weight is 446 g/mol. The van der Waals surface area contributed by atoms with E-state index in [1.807, 2.05) is 61.5 Å². The van der Waals surface area contributed by atoms with Crippen molar-refractivity contribution in [3.63, 3.8) is 0 Å². The zero-order valence-electron chi connectivity index (χ0n) is 17.3. The molecule has 0 aromatic heterocycles. The summed E-state index contributed by atoms with van der Waals surface area (Å²) in [7, 11) is 0. The lowest BCUT2D eigenvalue weighted by Crippen LogP contribution is -2.25. The van der Waals surface area contributed by atoms with Gasteiger partial charge >= 0.3 is 5.97 Å². The van der Waals surface area contributed by atoms with Crippen molar-refractivity contribution in [2.24, 2.45) is 0 Å². The number of carbonyl (C=O) groups excluding carboxylic acids is 1. The third-order valence-corrected chi connectivity index (χ3v) is 5.32. The molecule has 1 aliphatic heterocycles. The number of hydrogen-bond acceptors (Lipinski definition) is 3. The van der Waals surface area contributed by atoms with Crippen LogP contribution in [0.5, 0.6) is 5.75 Å². The van der Waals surface area contributed by atoms with Crippen molar-refractivity contribution in [3.8, 4) is 5.75 Å². The van der Waals surface area contributed by atoms with E-state index in [9.17, 15) is 14.7 Å². The van der Waals surface area contributed by atoms with Gasteiger partial charge in [0.05, 0.1) is 28.6 Å². The van der Waals surface area contributed by atoms with Crippen molar-refractivity contribution in [1.82, 2.24) is 0 Å². The van der Waals surface area contributed by atoms with Crippen LogP contribution in [-0.4, -0.2) is 23.6 Å². The molecule has 0 aliphatic carbocycles. The molecule has 1 heterocycles. The van der Waals surface area contributed by atoms with E-state index in [2.05, 4.69) is 0 Å². The first-order valence-electron chi connectivity index (χ1n) is 10.1. The van der Waals surface area contributed by atoms with Gasteiger partial charge < -0.3 is 9.84 Å². The van der Waals surface area contributed by atoms with Crippen LogP contribution in [0, 0.1) is 0 Å². The Morgan fingerprint density at radius 2 is 1.78 bits per heavy atom. The fraction of sp³-hybridized carbons (Fsp3) is 0.0769. The van der Waals surface area contributed by atoms with Gasteiger partial charge in [0.2, 0.25) is 0 Å². The molecule has 32 heavy (non-hydrogen) atoms. The lowest BCUT2D eigenvalue weighted by molar-refractivity contribution is -0.113. The largest absolute Gasteiger partial charge is 0.494 e. The molecule has 0 saturated carbocycles. The van der Waals surface area contributed by atoms with E-state index in [1.165, 1.54) is 23.1 Å². The SMILES string of the molecule is CCOc1ccc(/C=C2\C=C(c3ccccc3)N(c3cc(C(=O)O)ccc3Cl)C2=O)cc1. The fourth-order valence-electron chi connectivity index (χ4n) is 3.50. The van der Waals surface area contributed by atoms with E-state index in [0.717, 1.165) is 16.9 Å². The van der Waals surface area contributed by atoms with E-state index in [1.54, 1.807) is 12.2 Å². The maximum Gasteiger partial charge on any atom is 0.335 e. The molecule has 3 aromatic carbocycles. The van der Waals surface area contributed by atoms with E-state index < -0.39 is 5.97 Å². The minimum Gasteiger partial charge on any atom is -0.494 e. The molecular weight excluding hydrogens is 426 g/mol. The third-order valence-electron chi connectivity index (χ3n) is 5.00. The molecule has 0 fully saturated rings. The molecule has 4 rings (SSSR count). The summed E-state index contributed by atoms with van der Waals surface area (Å²) in [5, 5.41) is 9.70. The molecule has 0 unspecified atom stereocenters. The average Bonchev–Trinajstić information content (AvgIpc) is 3.12. The highest BCUT2D eigenvalue weighted by atomic mass is 35.5. The number of halogens is 1. The van der Waals surface area contributed by atoms with Crippen molar-refractivity contribution in [2.75, 3.05) is 11.5 Å². The monoisotopic (exact) mass is 445 g/mol. The Labute approximate surface area is 190 Å². The van der Waals surface area contributed by atoms with Gasteiger partial charge in [-0.2, -0.15) is 0 Å². The minimum absolute atomic E-state index is 0.0496. The van der Waals surface area contributed by atoms with Crippen LogP contribution < -0.4 is 9.64 Å². The van der Waals surface area contributed by atoms with Gasteiger partial charge in [0.1, 0.15) is 5.75 Å². The number of carbonyl (C=O) groups is 2. The fourth-order valence-corrected chi connectivity index (χ4v) is 3.70. The van der Waals surface area contributed by atoms with E-state index in [-0.39, 0.29) is 16.5 Å². The molecule has 1 aliphatic rings. The Morgan fingerprint density at radius 1 is 1.06 bits per heavy atom. The van der Waals surface area contributed by atoms with Crippen LogP contribution in [0.2, 0.25) is 5.02 Å². The van der Waals surface area contributed by atoms with Crippen LogP contribution >= 0.6 is 11.6 Å². The molecule has 0 spiro atoms. The number of anilines is 1. The highest BCUT2D eigenvalue weighted by molar-refractivity contribution is 6.36. The molecule has 3 aromatic rings. The Hall–Kier alpha value is -3.83. The summed E-state index contributed by atoms with van der Waals surface area (Å²) >= 11 is 6.41.